The molecule has 0 saturated carbocycles. The first-order valence-electron chi connectivity index (χ1n) is 7.47. The average molecular weight is 300 g/mol. The largest absolute Gasteiger partial charge is 0.413 e. The van der Waals surface area contributed by atoms with Gasteiger partial charge in [-0.25, -0.2) is 0 Å². The van der Waals surface area contributed by atoms with Crippen molar-refractivity contribution in [2.45, 2.75) is 40.0 Å². The third kappa shape index (κ3) is 3.42. The lowest BCUT2D eigenvalue weighted by Crippen LogP contribution is -2.26. The molecular formula is C18H24O2Si. The number of carbonyl (C=O) groups is 1. The summed E-state index contributed by atoms with van der Waals surface area (Å²) in [6, 6.07) is 12.1. The average Bonchev–Trinajstić information content (AvgIpc) is 2.42. The molecule has 0 fully saturated rings. The molecule has 0 aliphatic carbocycles. The number of rotatable bonds is 4. The quantitative estimate of drug-likeness (QED) is 0.602. The highest BCUT2D eigenvalue weighted by molar-refractivity contribution is 6.48. The second-order valence-corrected chi connectivity index (χ2v) is 9.21. The Bertz CT molecular complexity index is 636. The molecule has 0 radical (unpaired) electrons. The van der Waals surface area contributed by atoms with Gasteiger partial charge in [0.05, 0.1) is 6.10 Å². The SMILES string of the molecule is C[SiH](C)OC(c1cccc2cccc(C=O)c12)C(C)(C)C. The molecule has 0 N–H and O–H groups in total. The third-order valence-electron chi connectivity index (χ3n) is 3.57. The van der Waals surface area contributed by atoms with Crippen molar-refractivity contribution in [3.8, 4) is 0 Å². The van der Waals surface area contributed by atoms with Crippen molar-refractivity contribution < 1.29 is 9.22 Å². The molecular weight excluding hydrogens is 276 g/mol. The molecule has 2 rings (SSSR count). The van der Waals surface area contributed by atoms with Crippen molar-refractivity contribution in [2.24, 2.45) is 5.41 Å². The minimum Gasteiger partial charge on any atom is -0.413 e. The summed E-state index contributed by atoms with van der Waals surface area (Å²) >= 11 is 0. The van der Waals surface area contributed by atoms with E-state index in [1.54, 1.807) is 0 Å². The van der Waals surface area contributed by atoms with Crippen LogP contribution in [0.3, 0.4) is 0 Å². The minimum absolute atomic E-state index is 0.00830. The lowest BCUT2D eigenvalue weighted by atomic mass is 9.82. The first kappa shape index (κ1) is 15.9. The zero-order chi connectivity index (χ0) is 15.6. The molecule has 21 heavy (non-hydrogen) atoms. The normalized spacial score (nSPS) is 13.6. The highest BCUT2D eigenvalue weighted by Crippen LogP contribution is 2.40. The van der Waals surface area contributed by atoms with Crippen molar-refractivity contribution in [1.29, 1.82) is 0 Å². The molecule has 0 bridgehead atoms. The van der Waals surface area contributed by atoms with Gasteiger partial charge in [0, 0.05) is 5.56 Å². The molecule has 0 amide bonds. The number of benzene rings is 2. The Labute approximate surface area is 128 Å². The summed E-state index contributed by atoms with van der Waals surface area (Å²) in [5.74, 6) is 0. The van der Waals surface area contributed by atoms with E-state index >= 15 is 0 Å². The van der Waals surface area contributed by atoms with Crippen LogP contribution in [-0.2, 0) is 4.43 Å². The van der Waals surface area contributed by atoms with Crippen molar-refractivity contribution >= 4 is 26.1 Å². The number of aldehydes is 1. The maximum atomic E-state index is 11.4. The van der Waals surface area contributed by atoms with Gasteiger partial charge in [0.25, 0.3) is 0 Å². The van der Waals surface area contributed by atoms with Crippen LogP contribution in [0.5, 0.6) is 0 Å². The lowest BCUT2D eigenvalue weighted by molar-refractivity contribution is 0.0878. The maximum Gasteiger partial charge on any atom is 0.171 e. The number of hydrogen-bond acceptors (Lipinski definition) is 2. The molecule has 112 valence electrons. The first-order chi connectivity index (χ1) is 9.84. The van der Waals surface area contributed by atoms with Gasteiger partial charge in [-0.1, -0.05) is 57.2 Å². The molecule has 0 aliphatic rings. The smallest absolute Gasteiger partial charge is 0.171 e. The Morgan fingerprint density at radius 3 is 2.24 bits per heavy atom. The van der Waals surface area contributed by atoms with E-state index in [1.807, 2.05) is 12.1 Å². The van der Waals surface area contributed by atoms with Crippen LogP contribution < -0.4 is 0 Å². The number of carbonyl (C=O) groups excluding carboxylic acids is 1. The van der Waals surface area contributed by atoms with Crippen LogP contribution >= 0.6 is 0 Å². The summed E-state index contributed by atoms with van der Waals surface area (Å²) in [6.45, 7) is 10.9. The van der Waals surface area contributed by atoms with Crippen molar-refractivity contribution in [3.05, 3.63) is 47.5 Å². The molecule has 3 heteroatoms. The van der Waals surface area contributed by atoms with E-state index in [4.69, 9.17) is 4.43 Å². The second kappa shape index (κ2) is 6.12. The van der Waals surface area contributed by atoms with E-state index < -0.39 is 9.04 Å². The van der Waals surface area contributed by atoms with Gasteiger partial charge < -0.3 is 4.43 Å². The van der Waals surface area contributed by atoms with Crippen LogP contribution in [-0.4, -0.2) is 15.3 Å². The zero-order valence-electron chi connectivity index (χ0n) is 13.5. The van der Waals surface area contributed by atoms with E-state index in [1.165, 1.54) is 0 Å². The van der Waals surface area contributed by atoms with Crippen LogP contribution in [0.1, 0.15) is 42.8 Å². The highest BCUT2D eigenvalue weighted by Gasteiger charge is 2.29. The standard InChI is InChI=1S/C18H24O2Si/c1-18(2,3)17(20-21(4)5)15-11-7-9-13-8-6-10-14(12-19)16(13)15/h6-12,17,21H,1-5H3. The number of fused-ring (bicyclic) bond motifs is 1. The van der Waals surface area contributed by atoms with Gasteiger partial charge in [-0.3, -0.25) is 4.79 Å². The van der Waals surface area contributed by atoms with E-state index in [-0.39, 0.29) is 11.5 Å². The molecule has 2 aromatic rings. The monoisotopic (exact) mass is 300 g/mol. The van der Waals surface area contributed by atoms with Crippen molar-refractivity contribution in [3.63, 3.8) is 0 Å². The Kier molecular flexibility index (Phi) is 4.64. The fourth-order valence-corrected chi connectivity index (χ4v) is 3.83. The van der Waals surface area contributed by atoms with Crippen molar-refractivity contribution in [1.82, 2.24) is 0 Å². The summed E-state index contributed by atoms with van der Waals surface area (Å²) < 4.78 is 6.33. The van der Waals surface area contributed by atoms with Gasteiger partial charge in [0.2, 0.25) is 0 Å². The molecule has 2 aromatic carbocycles. The summed E-state index contributed by atoms with van der Waals surface area (Å²) in [7, 11) is -1.19. The van der Waals surface area contributed by atoms with E-state index in [9.17, 15) is 4.79 Å². The van der Waals surface area contributed by atoms with Gasteiger partial charge >= 0.3 is 0 Å². The molecule has 0 heterocycles. The number of hydrogen-bond donors (Lipinski definition) is 0. The minimum atomic E-state index is -1.19. The summed E-state index contributed by atoms with van der Waals surface area (Å²) in [6.07, 6.45) is 0.951. The van der Waals surface area contributed by atoms with Crippen LogP contribution in [0.25, 0.3) is 10.8 Å². The van der Waals surface area contributed by atoms with Crippen molar-refractivity contribution in [2.75, 3.05) is 0 Å². The Balaban J connectivity index is 2.70. The zero-order valence-corrected chi connectivity index (χ0v) is 14.7. The summed E-state index contributed by atoms with van der Waals surface area (Å²) in [5.41, 5.74) is 1.86. The molecule has 0 aliphatic heterocycles. The predicted octanol–water partition coefficient (Wildman–Crippen LogP) is 4.74. The molecule has 0 saturated heterocycles. The molecule has 1 atom stereocenters. The van der Waals surface area contributed by atoms with E-state index in [2.05, 4.69) is 58.1 Å². The molecule has 0 spiro atoms. The van der Waals surface area contributed by atoms with E-state index in [0.717, 1.165) is 28.2 Å². The molecule has 0 aromatic heterocycles. The van der Waals surface area contributed by atoms with Gasteiger partial charge in [-0.15, -0.1) is 0 Å². The summed E-state index contributed by atoms with van der Waals surface area (Å²) in [5, 5.41) is 2.13. The van der Waals surface area contributed by atoms with Gasteiger partial charge in [0.1, 0.15) is 0 Å². The molecule has 1 unspecified atom stereocenters. The highest BCUT2D eigenvalue weighted by atomic mass is 28.3. The fourth-order valence-electron chi connectivity index (χ4n) is 2.73. The third-order valence-corrected chi connectivity index (χ3v) is 4.39. The van der Waals surface area contributed by atoms with Gasteiger partial charge in [-0.2, -0.15) is 0 Å². The Morgan fingerprint density at radius 1 is 1.10 bits per heavy atom. The fraction of sp³-hybridized carbons (Fsp3) is 0.389. The van der Waals surface area contributed by atoms with Gasteiger partial charge in [0.15, 0.2) is 15.3 Å². The van der Waals surface area contributed by atoms with E-state index in [0.29, 0.717) is 0 Å². The molecule has 2 nitrogen and oxygen atoms in total. The van der Waals surface area contributed by atoms with Crippen LogP contribution in [0, 0.1) is 5.41 Å². The first-order valence-corrected chi connectivity index (χ1v) is 10.2. The Morgan fingerprint density at radius 2 is 1.71 bits per heavy atom. The van der Waals surface area contributed by atoms with Crippen LogP contribution in [0.15, 0.2) is 36.4 Å². The second-order valence-electron chi connectivity index (χ2n) is 6.84. The topological polar surface area (TPSA) is 26.3 Å². The Hall–Kier alpha value is -1.45. The van der Waals surface area contributed by atoms with Gasteiger partial charge in [-0.05, 0) is 34.8 Å². The van der Waals surface area contributed by atoms with Crippen LogP contribution in [0.2, 0.25) is 13.1 Å². The van der Waals surface area contributed by atoms with Crippen LogP contribution in [0.4, 0.5) is 0 Å². The predicted molar refractivity (Wildman–Crippen MR) is 91.5 cm³/mol. The summed E-state index contributed by atoms with van der Waals surface area (Å²) in [4.78, 5) is 11.4. The lowest BCUT2D eigenvalue weighted by Gasteiger charge is -2.34. The maximum absolute atomic E-state index is 11.4.